The lowest BCUT2D eigenvalue weighted by Gasteiger charge is -2.28. The van der Waals surface area contributed by atoms with Gasteiger partial charge in [-0.2, -0.15) is 0 Å². The molecule has 1 aliphatic carbocycles. The van der Waals surface area contributed by atoms with Gasteiger partial charge in [-0.05, 0) is 44.6 Å². The quantitative estimate of drug-likeness (QED) is 0.770. The molecule has 0 saturated heterocycles. The summed E-state index contributed by atoms with van der Waals surface area (Å²) in [5.41, 5.74) is 0. The van der Waals surface area contributed by atoms with Crippen molar-refractivity contribution in [1.82, 2.24) is 20.3 Å². The number of nitrogens with one attached hydrogen (secondary N) is 1. The van der Waals surface area contributed by atoms with Gasteiger partial charge >= 0.3 is 0 Å². The van der Waals surface area contributed by atoms with Crippen LogP contribution in [-0.2, 0) is 6.54 Å². The van der Waals surface area contributed by atoms with Crippen molar-refractivity contribution in [2.45, 2.75) is 58.0 Å². The van der Waals surface area contributed by atoms with Gasteiger partial charge in [-0.25, -0.2) is 0 Å². The highest BCUT2D eigenvalue weighted by Gasteiger charge is 2.18. The third kappa shape index (κ3) is 4.11. The fraction of sp³-hybridized carbons (Fsp3) is 0.846. The highest BCUT2D eigenvalue weighted by Crippen LogP contribution is 2.26. The molecule has 0 aliphatic heterocycles. The molecule has 1 aromatic heterocycles. The van der Waals surface area contributed by atoms with Crippen molar-refractivity contribution in [1.29, 1.82) is 0 Å². The Labute approximate surface area is 104 Å². The molecule has 17 heavy (non-hydrogen) atoms. The number of rotatable bonds is 6. The molecule has 1 N–H and O–H groups in total. The summed E-state index contributed by atoms with van der Waals surface area (Å²) < 4.78 is 1.90. The topological polar surface area (TPSA) is 42.7 Å². The van der Waals surface area contributed by atoms with Crippen molar-refractivity contribution in [2.75, 3.05) is 6.54 Å². The van der Waals surface area contributed by atoms with Gasteiger partial charge in [0.1, 0.15) is 0 Å². The maximum absolute atomic E-state index is 3.96. The van der Waals surface area contributed by atoms with Gasteiger partial charge in [-0.3, -0.25) is 4.68 Å². The van der Waals surface area contributed by atoms with Crippen LogP contribution in [0.1, 0.15) is 45.4 Å². The molecule has 1 heterocycles. The first-order chi connectivity index (χ1) is 8.38. The zero-order valence-electron chi connectivity index (χ0n) is 10.8. The summed E-state index contributed by atoms with van der Waals surface area (Å²) in [5.74, 6) is 0.989. The van der Waals surface area contributed by atoms with E-state index in [-0.39, 0.29) is 0 Å². The van der Waals surface area contributed by atoms with Crippen LogP contribution in [0.3, 0.4) is 0 Å². The number of aromatic nitrogens is 3. The Bertz CT molecular complexity index is 288. The number of aryl methyl sites for hydroxylation is 1. The third-order valence-corrected chi connectivity index (χ3v) is 3.89. The van der Waals surface area contributed by atoms with Gasteiger partial charge in [-0.1, -0.05) is 18.6 Å². The van der Waals surface area contributed by atoms with E-state index in [1.165, 1.54) is 32.1 Å². The largest absolute Gasteiger partial charge is 0.314 e. The predicted molar refractivity (Wildman–Crippen MR) is 68.7 cm³/mol. The first-order valence-electron chi connectivity index (χ1n) is 6.96. The van der Waals surface area contributed by atoms with Gasteiger partial charge < -0.3 is 5.32 Å². The lowest BCUT2D eigenvalue weighted by atomic mass is 9.84. The van der Waals surface area contributed by atoms with Crippen molar-refractivity contribution in [3.63, 3.8) is 0 Å². The Balaban J connectivity index is 1.54. The van der Waals surface area contributed by atoms with Crippen LogP contribution in [-0.4, -0.2) is 27.6 Å². The van der Waals surface area contributed by atoms with Crippen LogP contribution in [0.4, 0.5) is 0 Å². The Hall–Kier alpha value is -0.900. The van der Waals surface area contributed by atoms with E-state index in [1.807, 2.05) is 10.9 Å². The summed E-state index contributed by atoms with van der Waals surface area (Å²) in [6.45, 7) is 4.38. The van der Waals surface area contributed by atoms with Crippen molar-refractivity contribution in [2.24, 2.45) is 5.92 Å². The highest BCUT2D eigenvalue weighted by atomic mass is 15.4. The Kier molecular flexibility index (Phi) is 4.98. The number of hydrogen-bond donors (Lipinski definition) is 1. The third-order valence-electron chi connectivity index (χ3n) is 3.89. The molecule has 0 aromatic carbocycles. The van der Waals surface area contributed by atoms with Crippen LogP contribution >= 0.6 is 0 Å². The highest BCUT2D eigenvalue weighted by molar-refractivity contribution is 4.76. The van der Waals surface area contributed by atoms with E-state index in [4.69, 9.17) is 0 Å². The molecule has 1 saturated carbocycles. The Morgan fingerprint density at radius 1 is 1.29 bits per heavy atom. The normalized spacial score (nSPS) is 25.0. The molecule has 0 radical (unpaired) electrons. The molecule has 0 unspecified atom stereocenters. The van der Waals surface area contributed by atoms with Gasteiger partial charge in [0.05, 0.1) is 6.20 Å². The molecule has 0 atom stereocenters. The second kappa shape index (κ2) is 6.74. The summed E-state index contributed by atoms with van der Waals surface area (Å²) in [5, 5.41) is 11.4. The summed E-state index contributed by atoms with van der Waals surface area (Å²) in [6, 6.07) is 0.758. The zero-order chi connectivity index (χ0) is 11.9. The minimum Gasteiger partial charge on any atom is -0.314 e. The van der Waals surface area contributed by atoms with Crippen molar-refractivity contribution >= 4 is 0 Å². The second-order valence-electron chi connectivity index (χ2n) is 5.10. The molecule has 1 fully saturated rings. The molecular formula is C13H24N4. The molecule has 4 nitrogen and oxygen atoms in total. The van der Waals surface area contributed by atoms with E-state index < -0.39 is 0 Å². The summed E-state index contributed by atoms with van der Waals surface area (Å²) in [6.07, 6.45) is 11.7. The molecule has 1 aliphatic rings. The zero-order valence-corrected chi connectivity index (χ0v) is 10.8. The van der Waals surface area contributed by atoms with Crippen LogP contribution in [0.2, 0.25) is 0 Å². The lowest BCUT2D eigenvalue weighted by molar-refractivity contribution is 0.284. The summed E-state index contributed by atoms with van der Waals surface area (Å²) in [7, 11) is 0. The van der Waals surface area contributed by atoms with Gasteiger partial charge in [0, 0.05) is 18.8 Å². The molecule has 0 spiro atoms. The van der Waals surface area contributed by atoms with Crippen LogP contribution in [0.15, 0.2) is 12.4 Å². The number of nitrogens with zero attached hydrogens (tertiary/aromatic N) is 3. The van der Waals surface area contributed by atoms with E-state index in [9.17, 15) is 0 Å². The first kappa shape index (κ1) is 12.6. The van der Waals surface area contributed by atoms with E-state index >= 15 is 0 Å². The summed E-state index contributed by atoms with van der Waals surface area (Å²) in [4.78, 5) is 0. The van der Waals surface area contributed by atoms with E-state index in [0.717, 1.165) is 31.5 Å². The average molecular weight is 236 g/mol. The van der Waals surface area contributed by atoms with Crippen LogP contribution in [0.25, 0.3) is 0 Å². The van der Waals surface area contributed by atoms with Gasteiger partial charge in [0.2, 0.25) is 0 Å². The van der Waals surface area contributed by atoms with Crippen LogP contribution in [0.5, 0.6) is 0 Å². The van der Waals surface area contributed by atoms with Crippen molar-refractivity contribution < 1.29 is 0 Å². The maximum Gasteiger partial charge on any atom is 0.0692 e. The standard InChI is InChI=1S/C13H24N4/c1-2-12-4-6-13(7-5-12)14-8-3-10-17-11-9-15-16-17/h9,11-14H,2-8,10H2,1H3. The van der Waals surface area contributed by atoms with Gasteiger partial charge in [0.25, 0.3) is 0 Å². The minimum atomic E-state index is 0.758. The smallest absolute Gasteiger partial charge is 0.0692 e. The SMILES string of the molecule is CCC1CCC(NCCCn2ccnn2)CC1. The number of hydrogen-bond acceptors (Lipinski definition) is 3. The molecule has 2 rings (SSSR count). The first-order valence-corrected chi connectivity index (χ1v) is 6.96. The Morgan fingerprint density at radius 3 is 2.76 bits per heavy atom. The minimum absolute atomic E-state index is 0.758. The molecule has 4 heteroatoms. The van der Waals surface area contributed by atoms with E-state index in [1.54, 1.807) is 6.20 Å². The van der Waals surface area contributed by atoms with Crippen LogP contribution in [0, 0.1) is 5.92 Å². The Morgan fingerprint density at radius 2 is 2.12 bits per heavy atom. The maximum atomic E-state index is 3.96. The van der Waals surface area contributed by atoms with E-state index in [0.29, 0.717) is 0 Å². The predicted octanol–water partition coefficient (Wildman–Crippen LogP) is 2.23. The molecule has 1 aromatic rings. The monoisotopic (exact) mass is 236 g/mol. The van der Waals surface area contributed by atoms with Crippen LogP contribution < -0.4 is 5.32 Å². The average Bonchev–Trinajstić information content (AvgIpc) is 2.88. The van der Waals surface area contributed by atoms with E-state index in [2.05, 4.69) is 22.6 Å². The lowest BCUT2D eigenvalue weighted by Crippen LogP contribution is -2.34. The fourth-order valence-electron chi connectivity index (χ4n) is 2.67. The van der Waals surface area contributed by atoms with Crippen molar-refractivity contribution in [3.8, 4) is 0 Å². The van der Waals surface area contributed by atoms with Gasteiger partial charge in [-0.15, -0.1) is 5.10 Å². The molecule has 96 valence electrons. The second-order valence-corrected chi connectivity index (χ2v) is 5.10. The van der Waals surface area contributed by atoms with Gasteiger partial charge in [0.15, 0.2) is 0 Å². The molecule has 0 amide bonds. The fourth-order valence-corrected chi connectivity index (χ4v) is 2.67. The summed E-state index contributed by atoms with van der Waals surface area (Å²) >= 11 is 0. The molecular weight excluding hydrogens is 212 g/mol. The molecule has 0 bridgehead atoms. The van der Waals surface area contributed by atoms with Crippen molar-refractivity contribution in [3.05, 3.63) is 12.4 Å².